The van der Waals surface area contributed by atoms with Crippen LogP contribution in [0, 0.1) is 0 Å². The van der Waals surface area contributed by atoms with Crippen molar-refractivity contribution in [3.05, 3.63) is 35.1 Å². The SMILES string of the molecule is COc1ccc2c3c1O[C@@H]1C(OC(=O)CCC(=O)O[C@@H](C)C(=O)N[C@H](CC(=O)O)C(=O)O)=CC[C@]4(O)[C@H](C2)N(C)CC[C@@]314. The van der Waals surface area contributed by atoms with Gasteiger partial charge in [0, 0.05) is 18.0 Å². The lowest BCUT2D eigenvalue weighted by atomic mass is 9.50. The summed E-state index contributed by atoms with van der Waals surface area (Å²) in [5.74, 6) is -4.37. The van der Waals surface area contributed by atoms with Crippen molar-refractivity contribution in [2.24, 2.45) is 0 Å². The quantitative estimate of drug-likeness (QED) is 0.252. The number of ether oxygens (including phenoxy) is 4. The fraction of sp³-hybridized carbons (Fsp3) is 0.552. The summed E-state index contributed by atoms with van der Waals surface area (Å²) in [5, 5.41) is 32.1. The van der Waals surface area contributed by atoms with Gasteiger partial charge in [0.2, 0.25) is 0 Å². The number of esters is 2. The molecule has 0 unspecified atom stereocenters. The molecular formula is C29H34N2O12. The Bertz CT molecular complexity index is 1410. The molecule has 2 aliphatic carbocycles. The van der Waals surface area contributed by atoms with Gasteiger partial charge in [-0.3, -0.25) is 19.2 Å². The zero-order valence-electron chi connectivity index (χ0n) is 24.0. The van der Waals surface area contributed by atoms with E-state index >= 15 is 0 Å². The first-order valence-corrected chi connectivity index (χ1v) is 14.0. The van der Waals surface area contributed by atoms with E-state index in [2.05, 4.69) is 4.90 Å². The van der Waals surface area contributed by atoms with Crippen LogP contribution < -0.4 is 14.8 Å². The maximum absolute atomic E-state index is 12.9. The van der Waals surface area contributed by atoms with Crippen molar-refractivity contribution in [1.29, 1.82) is 0 Å². The van der Waals surface area contributed by atoms with Gasteiger partial charge >= 0.3 is 23.9 Å². The molecule has 43 heavy (non-hydrogen) atoms. The number of carbonyl (C=O) groups is 5. The molecule has 5 rings (SSSR count). The van der Waals surface area contributed by atoms with Gasteiger partial charge < -0.3 is 44.5 Å². The maximum atomic E-state index is 12.9. The fourth-order valence-electron chi connectivity index (χ4n) is 6.95. The second-order valence-electron chi connectivity index (χ2n) is 11.4. The maximum Gasteiger partial charge on any atom is 0.326 e. The van der Waals surface area contributed by atoms with Crippen molar-refractivity contribution in [3.8, 4) is 11.5 Å². The average molecular weight is 603 g/mol. The van der Waals surface area contributed by atoms with Crippen molar-refractivity contribution >= 4 is 29.8 Å². The monoisotopic (exact) mass is 602 g/mol. The summed E-state index contributed by atoms with van der Waals surface area (Å²) in [7, 11) is 3.52. The van der Waals surface area contributed by atoms with Gasteiger partial charge in [-0.1, -0.05) is 6.07 Å². The highest BCUT2D eigenvalue weighted by Gasteiger charge is 2.72. The van der Waals surface area contributed by atoms with Crippen molar-refractivity contribution < 1.29 is 58.2 Å². The molecule has 2 bridgehead atoms. The highest BCUT2D eigenvalue weighted by atomic mass is 16.6. The number of carboxylic acids is 2. The number of nitrogens with one attached hydrogen (secondary N) is 1. The summed E-state index contributed by atoms with van der Waals surface area (Å²) in [6, 6.07) is 1.95. The van der Waals surface area contributed by atoms with E-state index in [0.29, 0.717) is 30.9 Å². The van der Waals surface area contributed by atoms with Crippen LogP contribution in [0.4, 0.5) is 0 Å². The van der Waals surface area contributed by atoms with Gasteiger partial charge in [-0.15, -0.1) is 0 Å². The molecule has 0 radical (unpaired) electrons. The molecule has 1 aromatic rings. The van der Waals surface area contributed by atoms with Crippen LogP contribution in [0.15, 0.2) is 24.0 Å². The lowest BCUT2D eigenvalue weighted by Gasteiger charge is -2.61. The Labute approximate surface area is 246 Å². The molecule has 2 heterocycles. The van der Waals surface area contributed by atoms with Crippen LogP contribution in [0.2, 0.25) is 0 Å². The number of rotatable bonds is 11. The number of benzene rings is 1. The lowest BCUT2D eigenvalue weighted by molar-refractivity contribution is -0.169. The number of carbonyl (C=O) groups excluding carboxylic acids is 3. The van der Waals surface area contributed by atoms with Crippen LogP contribution in [-0.2, 0) is 45.3 Å². The number of hydrogen-bond acceptors (Lipinski definition) is 11. The highest BCUT2D eigenvalue weighted by Crippen LogP contribution is 2.65. The molecule has 4 N–H and O–H groups in total. The van der Waals surface area contributed by atoms with Gasteiger partial charge in [0.15, 0.2) is 23.7 Å². The molecule has 1 saturated heterocycles. The Morgan fingerprint density at radius 2 is 1.88 bits per heavy atom. The van der Waals surface area contributed by atoms with Crippen molar-refractivity contribution in [3.63, 3.8) is 0 Å². The Balaban J connectivity index is 1.24. The Hall–Kier alpha value is -4.17. The highest BCUT2D eigenvalue weighted by molar-refractivity contribution is 5.90. The molecule has 4 aliphatic rings. The number of piperidine rings is 1. The molecule has 2 aliphatic heterocycles. The van der Waals surface area contributed by atoms with Gasteiger partial charge in [-0.05, 0) is 51.1 Å². The summed E-state index contributed by atoms with van der Waals surface area (Å²) in [6.07, 6.45) is -0.824. The molecule has 1 aromatic carbocycles. The Morgan fingerprint density at radius 3 is 2.56 bits per heavy atom. The second-order valence-corrected chi connectivity index (χ2v) is 11.4. The van der Waals surface area contributed by atoms with E-state index in [4.69, 9.17) is 29.2 Å². The van der Waals surface area contributed by atoms with E-state index in [1.165, 1.54) is 14.0 Å². The molecule has 1 amide bonds. The van der Waals surface area contributed by atoms with Gasteiger partial charge in [-0.25, -0.2) is 4.79 Å². The largest absolute Gasteiger partial charge is 0.493 e. The van der Waals surface area contributed by atoms with E-state index in [0.717, 1.165) is 11.1 Å². The third-order valence-electron chi connectivity index (χ3n) is 8.99. The van der Waals surface area contributed by atoms with Crippen LogP contribution >= 0.6 is 0 Å². The normalized spacial score (nSPS) is 27.9. The van der Waals surface area contributed by atoms with E-state index in [9.17, 15) is 29.1 Å². The minimum Gasteiger partial charge on any atom is -0.493 e. The molecule has 232 valence electrons. The number of aliphatic carboxylic acids is 2. The molecule has 14 nitrogen and oxygen atoms in total. The predicted octanol–water partition coefficient (Wildman–Crippen LogP) is 0.272. The molecular weight excluding hydrogens is 568 g/mol. The number of likely N-dealkylation sites (N-methyl/N-ethyl adjacent to an activating group) is 1. The Morgan fingerprint density at radius 1 is 1.16 bits per heavy atom. The van der Waals surface area contributed by atoms with Crippen LogP contribution in [0.1, 0.15) is 50.2 Å². The van der Waals surface area contributed by atoms with Gasteiger partial charge in [0.25, 0.3) is 5.91 Å². The van der Waals surface area contributed by atoms with E-state index < -0.39 is 78.3 Å². The zero-order chi connectivity index (χ0) is 31.3. The van der Waals surface area contributed by atoms with Crippen LogP contribution in [0.5, 0.6) is 11.5 Å². The summed E-state index contributed by atoms with van der Waals surface area (Å²) in [4.78, 5) is 61.6. The first-order chi connectivity index (χ1) is 20.3. The third-order valence-corrected chi connectivity index (χ3v) is 8.99. The number of likely N-dealkylation sites (tertiary alicyclic amines) is 1. The zero-order valence-corrected chi connectivity index (χ0v) is 24.0. The van der Waals surface area contributed by atoms with Crippen LogP contribution in [0.3, 0.4) is 0 Å². The third kappa shape index (κ3) is 4.97. The van der Waals surface area contributed by atoms with Gasteiger partial charge in [0.1, 0.15) is 11.8 Å². The van der Waals surface area contributed by atoms with Gasteiger partial charge in [-0.2, -0.15) is 0 Å². The van der Waals surface area contributed by atoms with Gasteiger partial charge in [0.05, 0.1) is 37.4 Å². The molecule has 0 saturated carbocycles. The number of hydrogen-bond donors (Lipinski definition) is 4. The number of carboxylic acid groups (broad SMARTS) is 2. The van der Waals surface area contributed by atoms with E-state index in [1.54, 1.807) is 6.08 Å². The molecule has 1 spiro atoms. The smallest absolute Gasteiger partial charge is 0.326 e. The first kappa shape index (κ1) is 30.3. The van der Waals surface area contributed by atoms with Crippen molar-refractivity contribution in [2.45, 2.75) is 80.8 Å². The van der Waals surface area contributed by atoms with Crippen LogP contribution in [0.25, 0.3) is 0 Å². The topological polar surface area (TPSA) is 198 Å². The average Bonchev–Trinajstić information content (AvgIpc) is 3.30. The minimum atomic E-state index is -1.70. The minimum absolute atomic E-state index is 0.170. The number of methoxy groups -OCH3 is 1. The standard InChI is InChI=1S/C29H34N2O12/c1-14(26(36)30-16(27(37)38)13-20(32)33)41-21(34)6-7-22(35)42-18-8-9-29(39)19-12-15-4-5-17(40-3)24-23(15)28(29,25(18)43-24)10-11-31(19)2/h4-5,8,14,16,19,25,39H,6-7,9-13H2,1-3H3,(H,30,36)(H,32,33)(H,37,38)/t14-,16+,19-,25+,28+,29-/m0/s1. The van der Waals surface area contributed by atoms with E-state index in [1.807, 2.05) is 24.5 Å². The number of amides is 1. The number of nitrogens with zero attached hydrogens (tertiary/aromatic N) is 1. The summed E-state index contributed by atoms with van der Waals surface area (Å²) in [6.45, 7) is 1.89. The summed E-state index contributed by atoms with van der Waals surface area (Å²) >= 11 is 0. The second kappa shape index (κ2) is 11.2. The Kier molecular flexibility index (Phi) is 7.86. The lowest BCUT2D eigenvalue weighted by Crippen LogP contribution is -2.74. The van der Waals surface area contributed by atoms with Crippen molar-refractivity contribution in [2.75, 3.05) is 20.7 Å². The first-order valence-electron chi connectivity index (χ1n) is 14.0. The molecule has 0 aromatic heterocycles. The predicted molar refractivity (Wildman–Crippen MR) is 144 cm³/mol. The van der Waals surface area contributed by atoms with Crippen molar-refractivity contribution in [1.82, 2.24) is 10.2 Å². The fourth-order valence-corrected chi connectivity index (χ4v) is 6.95. The van der Waals surface area contributed by atoms with E-state index in [-0.39, 0.29) is 18.2 Å². The summed E-state index contributed by atoms with van der Waals surface area (Å²) < 4.78 is 22.7. The summed E-state index contributed by atoms with van der Waals surface area (Å²) in [5.41, 5.74) is -0.0989. The number of aliphatic hydroxyl groups is 1. The molecule has 6 atom stereocenters. The van der Waals surface area contributed by atoms with Crippen LogP contribution in [-0.4, -0.2) is 101 Å². The molecule has 1 fully saturated rings. The molecule has 14 heteroatoms.